The first-order valence-corrected chi connectivity index (χ1v) is 4.88. The number of hydrogen-bond donors (Lipinski definition) is 0. The number of aryl methyl sites for hydroxylation is 2. The van der Waals surface area contributed by atoms with E-state index in [4.69, 9.17) is 4.42 Å². The summed E-state index contributed by atoms with van der Waals surface area (Å²) in [5, 5.41) is 1.18. The van der Waals surface area contributed by atoms with E-state index in [-0.39, 0.29) is 0 Å². The third kappa shape index (κ3) is 0.882. The lowest BCUT2D eigenvalue weighted by Gasteiger charge is -2.10. The maximum atomic E-state index is 10.8. The Morgan fingerprint density at radius 2 is 2.21 bits per heavy atom. The van der Waals surface area contributed by atoms with Crippen LogP contribution in [-0.4, -0.2) is 6.29 Å². The second-order valence-corrected chi connectivity index (χ2v) is 3.71. The van der Waals surface area contributed by atoms with Crippen molar-refractivity contribution in [3.05, 3.63) is 35.1 Å². The standard InChI is InChI=1S/C12H10O2/c13-7-11-9-5-1-3-8-4-2-6-10(14-11)12(8)9/h2,4,6-7H,1,3,5H2. The summed E-state index contributed by atoms with van der Waals surface area (Å²) in [4.78, 5) is 10.8. The van der Waals surface area contributed by atoms with Crippen LogP contribution in [0.15, 0.2) is 22.6 Å². The van der Waals surface area contributed by atoms with Gasteiger partial charge in [-0.1, -0.05) is 12.1 Å². The van der Waals surface area contributed by atoms with Crippen LogP contribution in [0.2, 0.25) is 0 Å². The predicted octanol–water partition coefficient (Wildman–Crippen LogP) is 2.73. The summed E-state index contributed by atoms with van der Waals surface area (Å²) in [5.74, 6) is 0.521. The van der Waals surface area contributed by atoms with E-state index in [1.165, 1.54) is 10.9 Å². The molecule has 0 fully saturated rings. The topological polar surface area (TPSA) is 30.2 Å². The number of hydrogen-bond acceptors (Lipinski definition) is 2. The molecule has 0 atom stereocenters. The van der Waals surface area contributed by atoms with Crippen LogP contribution in [0.3, 0.4) is 0 Å². The molecule has 1 aliphatic rings. The molecule has 0 aliphatic heterocycles. The van der Waals surface area contributed by atoms with Crippen molar-refractivity contribution in [3.8, 4) is 0 Å². The minimum atomic E-state index is 0.521. The van der Waals surface area contributed by atoms with Crippen LogP contribution in [0, 0.1) is 0 Å². The molecule has 2 heteroatoms. The average Bonchev–Trinajstić information content (AvgIpc) is 2.60. The van der Waals surface area contributed by atoms with E-state index in [0.717, 1.165) is 36.7 Å². The highest BCUT2D eigenvalue weighted by molar-refractivity contribution is 5.92. The number of carbonyl (C=O) groups is 1. The van der Waals surface area contributed by atoms with Gasteiger partial charge in [-0.05, 0) is 30.9 Å². The molecule has 0 bridgehead atoms. The number of benzene rings is 1. The third-order valence-electron chi connectivity index (χ3n) is 2.91. The van der Waals surface area contributed by atoms with Crippen molar-refractivity contribution in [2.24, 2.45) is 0 Å². The largest absolute Gasteiger partial charge is 0.453 e. The molecule has 1 aliphatic carbocycles. The van der Waals surface area contributed by atoms with Gasteiger partial charge in [-0.15, -0.1) is 0 Å². The van der Waals surface area contributed by atoms with Gasteiger partial charge in [0.15, 0.2) is 12.0 Å². The van der Waals surface area contributed by atoms with Crippen LogP contribution in [0.1, 0.15) is 28.1 Å². The normalized spacial score (nSPS) is 14.6. The smallest absolute Gasteiger partial charge is 0.185 e. The van der Waals surface area contributed by atoms with Crippen LogP contribution < -0.4 is 0 Å². The molecule has 3 rings (SSSR count). The second-order valence-electron chi connectivity index (χ2n) is 3.71. The van der Waals surface area contributed by atoms with Crippen molar-refractivity contribution in [2.45, 2.75) is 19.3 Å². The molecule has 0 spiro atoms. The van der Waals surface area contributed by atoms with Crippen LogP contribution in [0.5, 0.6) is 0 Å². The van der Waals surface area contributed by atoms with E-state index >= 15 is 0 Å². The summed E-state index contributed by atoms with van der Waals surface area (Å²) < 4.78 is 5.49. The van der Waals surface area contributed by atoms with E-state index < -0.39 is 0 Å². The maximum absolute atomic E-state index is 10.8. The molecule has 0 amide bonds. The molecule has 0 radical (unpaired) electrons. The van der Waals surface area contributed by atoms with Gasteiger partial charge in [0.1, 0.15) is 5.58 Å². The lowest BCUT2D eigenvalue weighted by molar-refractivity contribution is 0.110. The van der Waals surface area contributed by atoms with Gasteiger partial charge in [0.2, 0.25) is 0 Å². The number of furan rings is 1. The van der Waals surface area contributed by atoms with Crippen LogP contribution in [-0.2, 0) is 12.8 Å². The van der Waals surface area contributed by atoms with Crippen molar-refractivity contribution >= 4 is 17.3 Å². The molecular weight excluding hydrogens is 176 g/mol. The number of rotatable bonds is 1. The fraction of sp³-hybridized carbons (Fsp3) is 0.250. The average molecular weight is 186 g/mol. The molecule has 1 heterocycles. The maximum Gasteiger partial charge on any atom is 0.185 e. The zero-order chi connectivity index (χ0) is 9.54. The van der Waals surface area contributed by atoms with E-state index in [1.807, 2.05) is 12.1 Å². The highest BCUT2D eigenvalue weighted by Gasteiger charge is 2.19. The molecule has 2 nitrogen and oxygen atoms in total. The Labute approximate surface area is 81.5 Å². The van der Waals surface area contributed by atoms with Gasteiger partial charge in [0.05, 0.1) is 0 Å². The number of aldehydes is 1. The molecule has 14 heavy (non-hydrogen) atoms. The first kappa shape index (κ1) is 7.80. The van der Waals surface area contributed by atoms with Crippen molar-refractivity contribution in [2.75, 3.05) is 0 Å². The predicted molar refractivity (Wildman–Crippen MR) is 53.6 cm³/mol. The van der Waals surface area contributed by atoms with Gasteiger partial charge in [-0.25, -0.2) is 0 Å². The summed E-state index contributed by atoms with van der Waals surface area (Å²) in [5.41, 5.74) is 3.29. The highest BCUT2D eigenvalue weighted by Crippen LogP contribution is 2.33. The van der Waals surface area contributed by atoms with Gasteiger partial charge < -0.3 is 4.42 Å². The van der Waals surface area contributed by atoms with E-state index in [1.54, 1.807) is 0 Å². The van der Waals surface area contributed by atoms with Crippen LogP contribution in [0.4, 0.5) is 0 Å². The van der Waals surface area contributed by atoms with E-state index in [9.17, 15) is 4.79 Å². The van der Waals surface area contributed by atoms with E-state index in [0.29, 0.717) is 5.76 Å². The molecule has 2 aromatic rings. The summed E-state index contributed by atoms with van der Waals surface area (Å²) in [6, 6.07) is 6.04. The summed E-state index contributed by atoms with van der Waals surface area (Å²) >= 11 is 0. The molecule has 0 N–H and O–H groups in total. The van der Waals surface area contributed by atoms with Crippen molar-refractivity contribution in [1.82, 2.24) is 0 Å². The quantitative estimate of drug-likeness (QED) is 0.641. The lowest BCUT2D eigenvalue weighted by Crippen LogP contribution is -1.99. The Bertz CT molecular complexity index is 508. The van der Waals surface area contributed by atoms with Crippen molar-refractivity contribution in [3.63, 3.8) is 0 Å². The zero-order valence-electron chi connectivity index (χ0n) is 7.75. The Kier molecular flexibility index (Phi) is 1.51. The minimum Gasteiger partial charge on any atom is -0.453 e. The van der Waals surface area contributed by atoms with Gasteiger partial charge >= 0.3 is 0 Å². The molecule has 1 aromatic carbocycles. The monoisotopic (exact) mass is 186 g/mol. The van der Waals surface area contributed by atoms with Gasteiger partial charge in [0.25, 0.3) is 0 Å². The van der Waals surface area contributed by atoms with Gasteiger partial charge in [-0.3, -0.25) is 4.79 Å². The SMILES string of the molecule is O=Cc1oc2cccc3c2c1CCC3. The number of carbonyl (C=O) groups excluding carboxylic acids is 1. The lowest BCUT2D eigenvalue weighted by atomic mass is 9.92. The molecule has 0 unspecified atom stereocenters. The van der Waals surface area contributed by atoms with E-state index in [2.05, 4.69) is 6.07 Å². The molecular formula is C12H10O2. The summed E-state index contributed by atoms with van der Waals surface area (Å²) in [6.07, 6.45) is 4.01. The van der Waals surface area contributed by atoms with Gasteiger partial charge in [-0.2, -0.15) is 0 Å². The van der Waals surface area contributed by atoms with Crippen LogP contribution >= 0.6 is 0 Å². The van der Waals surface area contributed by atoms with Gasteiger partial charge in [0, 0.05) is 10.9 Å². The zero-order valence-corrected chi connectivity index (χ0v) is 7.75. The molecule has 70 valence electrons. The Morgan fingerprint density at radius 1 is 1.29 bits per heavy atom. The highest BCUT2D eigenvalue weighted by atomic mass is 16.3. The van der Waals surface area contributed by atoms with Crippen LogP contribution in [0.25, 0.3) is 11.0 Å². The Morgan fingerprint density at radius 3 is 3.07 bits per heavy atom. The minimum absolute atomic E-state index is 0.521. The molecule has 1 aromatic heterocycles. The van der Waals surface area contributed by atoms with Crippen molar-refractivity contribution < 1.29 is 9.21 Å². The Hall–Kier alpha value is -1.57. The molecule has 0 saturated heterocycles. The first-order valence-electron chi connectivity index (χ1n) is 4.88. The summed E-state index contributed by atoms with van der Waals surface area (Å²) in [6.45, 7) is 0. The Balaban J connectivity index is 2.47. The molecule has 0 saturated carbocycles. The fourth-order valence-corrected chi connectivity index (χ4v) is 2.31. The third-order valence-corrected chi connectivity index (χ3v) is 2.91. The second kappa shape index (κ2) is 2.71. The fourth-order valence-electron chi connectivity index (χ4n) is 2.31. The first-order chi connectivity index (χ1) is 6.90. The summed E-state index contributed by atoms with van der Waals surface area (Å²) in [7, 11) is 0. The van der Waals surface area contributed by atoms with Crippen molar-refractivity contribution in [1.29, 1.82) is 0 Å².